The van der Waals surface area contributed by atoms with Crippen LogP contribution in [0.1, 0.15) is 69.4 Å². The molecule has 1 aromatic rings. The van der Waals surface area contributed by atoms with Crippen molar-refractivity contribution >= 4 is 22.4 Å². The molecule has 0 spiro atoms. The molecule has 3 nitrogen and oxygen atoms in total. The van der Waals surface area contributed by atoms with Crippen molar-refractivity contribution in [1.29, 1.82) is 0 Å². The van der Waals surface area contributed by atoms with Crippen LogP contribution in [0.15, 0.2) is 12.2 Å². The molecule has 0 aliphatic heterocycles. The van der Waals surface area contributed by atoms with Gasteiger partial charge in [0.05, 0.1) is 5.69 Å². The fourth-order valence-corrected chi connectivity index (χ4v) is 4.06. The van der Waals surface area contributed by atoms with Gasteiger partial charge in [-0.25, -0.2) is 4.98 Å². The van der Waals surface area contributed by atoms with E-state index in [1.165, 1.54) is 36.3 Å². The number of anilines is 1. The first-order valence-electron chi connectivity index (χ1n) is 8.66. The predicted octanol–water partition coefficient (Wildman–Crippen LogP) is 5.12. The van der Waals surface area contributed by atoms with Crippen molar-refractivity contribution < 1.29 is 4.79 Å². The summed E-state index contributed by atoms with van der Waals surface area (Å²) in [4.78, 5) is 17.9. The van der Waals surface area contributed by atoms with Gasteiger partial charge in [-0.05, 0) is 38.0 Å². The van der Waals surface area contributed by atoms with Gasteiger partial charge in [0.2, 0.25) is 5.91 Å². The number of fused-ring (bicyclic) bond motifs is 1. The van der Waals surface area contributed by atoms with Crippen LogP contribution < -0.4 is 5.32 Å². The highest BCUT2D eigenvalue weighted by molar-refractivity contribution is 7.15. The lowest BCUT2D eigenvalue weighted by molar-refractivity contribution is -0.116. The predicted molar refractivity (Wildman–Crippen MR) is 94.4 cm³/mol. The van der Waals surface area contributed by atoms with Crippen LogP contribution in [-0.4, -0.2) is 10.9 Å². The number of aryl methyl sites for hydroxylation is 1. The van der Waals surface area contributed by atoms with Gasteiger partial charge in [-0.15, -0.1) is 11.3 Å². The molecule has 1 amide bonds. The minimum absolute atomic E-state index is 0.0781. The molecular formula is C18H28N2OS. The lowest BCUT2D eigenvalue weighted by Crippen LogP contribution is -2.13. The second kappa shape index (κ2) is 9.09. The highest BCUT2D eigenvalue weighted by Crippen LogP contribution is 2.34. The lowest BCUT2D eigenvalue weighted by atomic mass is 9.87. The molecule has 4 heteroatoms. The van der Waals surface area contributed by atoms with Gasteiger partial charge in [-0.2, -0.15) is 0 Å². The first-order valence-corrected chi connectivity index (χ1v) is 9.48. The van der Waals surface area contributed by atoms with E-state index >= 15 is 0 Å². The summed E-state index contributed by atoms with van der Waals surface area (Å²) < 4.78 is 0. The van der Waals surface area contributed by atoms with Gasteiger partial charge in [0.1, 0.15) is 0 Å². The topological polar surface area (TPSA) is 42.0 Å². The molecule has 1 N–H and O–H groups in total. The zero-order valence-corrected chi connectivity index (χ0v) is 14.7. The molecule has 122 valence electrons. The van der Waals surface area contributed by atoms with Crippen molar-refractivity contribution in [1.82, 2.24) is 4.98 Å². The van der Waals surface area contributed by atoms with Crippen molar-refractivity contribution in [2.24, 2.45) is 5.92 Å². The van der Waals surface area contributed by atoms with Crippen LogP contribution in [0, 0.1) is 5.92 Å². The average molecular weight is 321 g/mol. The first kappa shape index (κ1) is 17.2. The van der Waals surface area contributed by atoms with E-state index in [9.17, 15) is 4.79 Å². The summed E-state index contributed by atoms with van der Waals surface area (Å²) in [7, 11) is 0. The van der Waals surface area contributed by atoms with E-state index in [0.29, 0.717) is 6.42 Å². The number of carbonyl (C=O) groups is 1. The largest absolute Gasteiger partial charge is 0.302 e. The molecule has 0 fully saturated rings. The van der Waals surface area contributed by atoms with E-state index in [4.69, 9.17) is 0 Å². The summed E-state index contributed by atoms with van der Waals surface area (Å²) in [6.45, 7) is 4.36. The molecule has 1 unspecified atom stereocenters. The molecule has 2 rings (SSSR count). The van der Waals surface area contributed by atoms with Gasteiger partial charge in [0.15, 0.2) is 5.13 Å². The van der Waals surface area contributed by atoms with E-state index < -0.39 is 0 Å². The number of rotatable bonds is 8. The van der Waals surface area contributed by atoms with Gasteiger partial charge < -0.3 is 5.32 Å². The number of nitrogens with one attached hydrogen (secondary N) is 1. The molecule has 0 radical (unpaired) electrons. The van der Waals surface area contributed by atoms with Crippen LogP contribution in [0.2, 0.25) is 0 Å². The second-order valence-corrected chi connectivity index (χ2v) is 7.19. The third kappa shape index (κ3) is 5.24. The Hall–Kier alpha value is -1.16. The number of carbonyl (C=O) groups excluding carboxylic acids is 1. The molecule has 1 heterocycles. The van der Waals surface area contributed by atoms with Crippen molar-refractivity contribution in [2.45, 2.75) is 71.6 Å². The zero-order chi connectivity index (χ0) is 15.8. The number of hydrogen-bond donors (Lipinski definition) is 1. The molecule has 0 saturated carbocycles. The summed E-state index contributed by atoms with van der Waals surface area (Å²) >= 11 is 1.68. The van der Waals surface area contributed by atoms with E-state index in [2.05, 4.69) is 36.3 Å². The van der Waals surface area contributed by atoms with Gasteiger partial charge in [-0.3, -0.25) is 4.79 Å². The van der Waals surface area contributed by atoms with E-state index in [1.54, 1.807) is 11.3 Å². The fourth-order valence-electron chi connectivity index (χ4n) is 2.92. The number of unbranched alkanes of at least 4 members (excludes halogenated alkanes) is 1. The molecular weight excluding hydrogens is 292 g/mol. The van der Waals surface area contributed by atoms with Crippen LogP contribution >= 0.6 is 11.3 Å². The number of aromatic nitrogens is 1. The van der Waals surface area contributed by atoms with Crippen LogP contribution in [0.3, 0.4) is 0 Å². The third-order valence-electron chi connectivity index (χ3n) is 4.19. The number of allylic oxidation sites excluding steroid dienone is 2. The number of thiazole rings is 1. The summed E-state index contributed by atoms with van der Waals surface area (Å²) in [5.74, 6) is 0.894. The van der Waals surface area contributed by atoms with E-state index in [-0.39, 0.29) is 5.91 Å². The monoisotopic (exact) mass is 320 g/mol. The third-order valence-corrected chi connectivity index (χ3v) is 5.23. The minimum Gasteiger partial charge on any atom is -0.302 e. The standard InChI is InChI=1S/C18H28N2OS/c1-3-5-7-8-10-17(21)20-18-19-15-12-11-14(9-6-4-2)13-16(15)22-18/h5,7,14H,3-4,6,8-13H2,1-2H3,(H,19,20,21)/b7-5-. The Morgan fingerprint density at radius 1 is 1.41 bits per heavy atom. The Labute approximate surface area is 138 Å². The Morgan fingerprint density at radius 2 is 2.27 bits per heavy atom. The van der Waals surface area contributed by atoms with Crippen molar-refractivity contribution in [3.63, 3.8) is 0 Å². The molecule has 1 aliphatic rings. The Kier molecular flexibility index (Phi) is 7.10. The SMILES string of the molecule is CC/C=C\CCC(=O)Nc1nc2c(s1)CC(CCCC)CC2. The molecule has 1 atom stereocenters. The molecule has 1 aromatic heterocycles. The minimum atomic E-state index is 0.0781. The summed E-state index contributed by atoms with van der Waals surface area (Å²) in [5.41, 5.74) is 1.22. The van der Waals surface area contributed by atoms with E-state index in [0.717, 1.165) is 36.7 Å². The van der Waals surface area contributed by atoms with Crippen molar-refractivity contribution in [2.75, 3.05) is 5.32 Å². The Morgan fingerprint density at radius 3 is 3.05 bits per heavy atom. The maximum Gasteiger partial charge on any atom is 0.226 e. The van der Waals surface area contributed by atoms with Crippen LogP contribution in [0.25, 0.3) is 0 Å². The lowest BCUT2D eigenvalue weighted by Gasteiger charge is -2.20. The Balaban J connectivity index is 1.83. The number of hydrogen-bond acceptors (Lipinski definition) is 3. The van der Waals surface area contributed by atoms with E-state index in [1.807, 2.05) is 0 Å². The molecule has 22 heavy (non-hydrogen) atoms. The maximum absolute atomic E-state index is 11.9. The number of amides is 1. The summed E-state index contributed by atoms with van der Waals surface area (Å²) in [6.07, 6.45) is 14.0. The van der Waals surface area contributed by atoms with Crippen molar-refractivity contribution in [3.05, 3.63) is 22.7 Å². The van der Waals surface area contributed by atoms with Crippen LogP contribution in [0.5, 0.6) is 0 Å². The molecule has 1 aliphatic carbocycles. The summed E-state index contributed by atoms with van der Waals surface area (Å²) in [6, 6.07) is 0. The highest BCUT2D eigenvalue weighted by Gasteiger charge is 2.22. The highest BCUT2D eigenvalue weighted by atomic mass is 32.1. The summed E-state index contributed by atoms with van der Waals surface area (Å²) in [5, 5.41) is 3.77. The first-order chi connectivity index (χ1) is 10.7. The molecule has 0 aromatic carbocycles. The van der Waals surface area contributed by atoms with Gasteiger partial charge >= 0.3 is 0 Å². The quantitative estimate of drug-likeness (QED) is 0.675. The second-order valence-electron chi connectivity index (χ2n) is 6.11. The van der Waals surface area contributed by atoms with Gasteiger partial charge in [0.25, 0.3) is 0 Å². The molecule has 0 bridgehead atoms. The zero-order valence-electron chi connectivity index (χ0n) is 13.9. The molecule has 0 saturated heterocycles. The smallest absolute Gasteiger partial charge is 0.226 e. The normalized spacial score (nSPS) is 17.6. The van der Waals surface area contributed by atoms with Gasteiger partial charge in [0, 0.05) is 11.3 Å². The van der Waals surface area contributed by atoms with Gasteiger partial charge in [-0.1, -0.05) is 45.3 Å². The maximum atomic E-state index is 11.9. The number of nitrogens with zero attached hydrogens (tertiary/aromatic N) is 1. The average Bonchev–Trinajstić information content (AvgIpc) is 2.90. The fraction of sp³-hybridized carbons (Fsp3) is 0.667. The Bertz CT molecular complexity index is 507. The van der Waals surface area contributed by atoms with Crippen LogP contribution in [-0.2, 0) is 17.6 Å². The van der Waals surface area contributed by atoms with Crippen LogP contribution in [0.4, 0.5) is 5.13 Å². The van der Waals surface area contributed by atoms with Crippen molar-refractivity contribution in [3.8, 4) is 0 Å².